The van der Waals surface area contributed by atoms with E-state index < -0.39 is 0 Å². The van der Waals surface area contributed by atoms with E-state index >= 15 is 0 Å². The Hall–Kier alpha value is -0.795. The average molecular weight is 288 g/mol. The summed E-state index contributed by atoms with van der Waals surface area (Å²) in [7, 11) is -0.260. The van der Waals surface area contributed by atoms with Crippen LogP contribution in [0.1, 0.15) is 71.4 Å². The summed E-state index contributed by atoms with van der Waals surface area (Å²) in [5, 5.41) is 0. The molecule has 1 heterocycles. The van der Waals surface area contributed by atoms with E-state index in [-0.39, 0.29) is 18.3 Å². The predicted octanol–water partition coefficient (Wildman–Crippen LogP) is 4.20. The van der Waals surface area contributed by atoms with Crippen LogP contribution in [0.3, 0.4) is 0 Å². The molecule has 1 atom stereocenters. The van der Waals surface area contributed by atoms with Crippen LogP contribution in [0, 0.1) is 6.92 Å². The molecule has 0 N–H and O–H groups in total. The van der Waals surface area contributed by atoms with Crippen LogP contribution in [0.5, 0.6) is 0 Å². The highest BCUT2D eigenvalue weighted by Gasteiger charge is 2.51. The summed E-state index contributed by atoms with van der Waals surface area (Å²) in [6, 6.07) is 6.64. The van der Waals surface area contributed by atoms with E-state index in [0.29, 0.717) is 5.92 Å². The fourth-order valence-corrected chi connectivity index (χ4v) is 2.97. The van der Waals surface area contributed by atoms with Gasteiger partial charge in [0.05, 0.1) is 11.2 Å². The van der Waals surface area contributed by atoms with Crippen LogP contribution in [0.15, 0.2) is 18.2 Å². The van der Waals surface area contributed by atoms with E-state index in [0.717, 1.165) is 5.46 Å². The minimum Gasteiger partial charge on any atom is -0.399 e. The largest absolute Gasteiger partial charge is 0.494 e. The van der Waals surface area contributed by atoms with Gasteiger partial charge in [0.2, 0.25) is 0 Å². The van der Waals surface area contributed by atoms with Crippen LogP contribution in [-0.2, 0) is 9.31 Å². The van der Waals surface area contributed by atoms with Gasteiger partial charge in [-0.15, -0.1) is 0 Å². The Kier molecular flexibility index (Phi) is 4.56. The summed E-state index contributed by atoms with van der Waals surface area (Å²) in [5.74, 6) is 0.613. The number of rotatable bonds is 4. The van der Waals surface area contributed by atoms with Gasteiger partial charge in [0.25, 0.3) is 0 Å². The predicted molar refractivity (Wildman–Crippen MR) is 90.2 cm³/mol. The van der Waals surface area contributed by atoms with Gasteiger partial charge >= 0.3 is 7.12 Å². The zero-order valence-electron chi connectivity index (χ0n) is 14.6. The molecule has 2 rings (SSSR count). The number of benzene rings is 1. The van der Waals surface area contributed by atoms with E-state index in [1.807, 2.05) is 0 Å². The Morgan fingerprint density at radius 3 is 2.14 bits per heavy atom. The lowest BCUT2D eigenvalue weighted by Crippen LogP contribution is -2.41. The third kappa shape index (κ3) is 3.19. The van der Waals surface area contributed by atoms with Crippen molar-refractivity contribution in [3.63, 3.8) is 0 Å². The Bertz CT molecular complexity index is 492. The van der Waals surface area contributed by atoms with E-state index in [2.05, 4.69) is 66.7 Å². The zero-order chi connectivity index (χ0) is 15.8. The van der Waals surface area contributed by atoms with Crippen LogP contribution >= 0.6 is 0 Å². The molecule has 1 aromatic rings. The molecule has 21 heavy (non-hydrogen) atoms. The smallest absolute Gasteiger partial charge is 0.399 e. The highest BCUT2D eigenvalue weighted by molar-refractivity contribution is 6.62. The van der Waals surface area contributed by atoms with Gasteiger partial charge in [0.1, 0.15) is 0 Å². The minimum atomic E-state index is -0.278. The minimum absolute atomic E-state index is 0.260. The molecule has 0 saturated carbocycles. The van der Waals surface area contributed by atoms with Gasteiger partial charge in [0.15, 0.2) is 0 Å². The van der Waals surface area contributed by atoms with Crippen molar-refractivity contribution in [1.29, 1.82) is 0 Å². The second kappa shape index (κ2) is 5.77. The molecular weight excluding hydrogens is 259 g/mol. The van der Waals surface area contributed by atoms with Gasteiger partial charge in [-0.1, -0.05) is 38.5 Å². The first-order chi connectivity index (χ1) is 9.68. The summed E-state index contributed by atoms with van der Waals surface area (Å²) >= 11 is 0. The topological polar surface area (TPSA) is 18.5 Å². The quantitative estimate of drug-likeness (QED) is 0.773. The second-order valence-corrected chi connectivity index (χ2v) is 7.39. The van der Waals surface area contributed by atoms with E-state index in [1.54, 1.807) is 0 Å². The van der Waals surface area contributed by atoms with Gasteiger partial charge in [-0.05, 0) is 63.5 Å². The first-order valence-corrected chi connectivity index (χ1v) is 8.14. The van der Waals surface area contributed by atoms with E-state index in [4.69, 9.17) is 9.31 Å². The van der Waals surface area contributed by atoms with Crippen molar-refractivity contribution in [3.8, 4) is 0 Å². The van der Waals surface area contributed by atoms with Crippen molar-refractivity contribution in [1.82, 2.24) is 0 Å². The highest BCUT2D eigenvalue weighted by atomic mass is 16.7. The molecule has 1 aliphatic rings. The van der Waals surface area contributed by atoms with E-state index in [1.165, 1.54) is 24.0 Å². The highest BCUT2D eigenvalue weighted by Crippen LogP contribution is 2.36. The van der Waals surface area contributed by atoms with Crippen LogP contribution < -0.4 is 5.46 Å². The molecule has 3 heteroatoms. The number of hydrogen-bond donors (Lipinski definition) is 0. The summed E-state index contributed by atoms with van der Waals surface area (Å²) in [5.41, 5.74) is 3.35. The summed E-state index contributed by atoms with van der Waals surface area (Å²) in [4.78, 5) is 0. The molecule has 0 amide bonds. The first-order valence-electron chi connectivity index (χ1n) is 8.14. The summed E-state index contributed by atoms with van der Waals surface area (Å²) in [6.07, 6.45) is 2.45. The van der Waals surface area contributed by atoms with Gasteiger partial charge in [-0.2, -0.15) is 0 Å². The maximum Gasteiger partial charge on any atom is 0.494 e. The SMILES string of the molecule is CCCC(C)c1ccc(B2OC(C)(C)C(C)(C)O2)cc1C. The van der Waals surface area contributed by atoms with Crippen LogP contribution in [0.4, 0.5) is 0 Å². The van der Waals surface area contributed by atoms with Crippen molar-refractivity contribution >= 4 is 12.6 Å². The zero-order valence-corrected chi connectivity index (χ0v) is 14.6. The first kappa shape index (κ1) is 16.6. The maximum atomic E-state index is 6.13. The van der Waals surface area contributed by atoms with Gasteiger partial charge in [-0.25, -0.2) is 0 Å². The fraction of sp³-hybridized carbons (Fsp3) is 0.667. The summed E-state index contributed by atoms with van der Waals surface area (Å²) in [6.45, 7) is 15.1. The number of hydrogen-bond acceptors (Lipinski definition) is 2. The molecule has 0 radical (unpaired) electrons. The lowest BCUT2D eigenvalue weighted by Gasteiger charge is -2.32. The van der Waals surface area contributed by atoms with Crippen LogP contribution in [0.25, 0.3) is 0 Å². The monoisotopic (exact) mass is 288 g/mol. The second-order valence-electron chi connectivity index (χ2n) is 7.39. The van der Waals surface area contributed by atoms with Crippen molar-refractivity contribution in [2.24, 2.45) is 0 Å². The Morgan fingerprint density at radius 1 is 1.10 bits per heavy atom. The molecule has 0 bridgehead atoms. The summed E-state index contributed by atoms with van der Waals surface area (Å²) < 4.78 is 12.3. The third-order valence-corrected chi connectivity index (χ3v) is 5.07. The van der Waals surface area contributed by atoms with Crippen LogP contribution in [-0.4, -0.2) is 18.3 Å². The molecule has 0 spiro atoms. The molecule has 1 saturated heterocycles. The molecule has 1 aromatic carbocycles. The van der Waals surface area contributed by atoms with Gasteiger partial charge < -0.3 is 9.31 Å². The molecule has 1 fully saturated rings. The van der Waals surface area contributed by atoms with Crippen molar-refractivity contribution in [2.45, 2.75) is 78.4 Å². The molecule has 0 aliphatic carbocycles. The Labute approximate surface area is 130 Å². The van der Waals surface area contributed by atoms with Crippen molar-refractivity contribution < 1.29 is 9.31 Å². The molecule has 2 nitrogen and oxygen atoms in total. The normalized spacial score (nSPS) is 21.6. The third-order valence-electron chi connectivity index (χ3n) is 5.07. The Morgan fingerprint density at radius 2 is 1.67 bits per heavy atom. The molecular formula is C18H29BO2. The average Bonchev–Trinajstić information content (AvgIpc) is 2.58. The Balaban J connectivity index is 2.22. The van der Waals surface area contributed by atoms with E-state index in [9.17, 15) is 0 Å². The maximum absolute atomic E-state index is 6.13. The lowest BCUT2D eigenvalue weighted by molar-refractivity contribution is 0.00578. The van der Waals surface area contributed by atoms with Crippen LogP contribution in [0.2, 0.25) is 0 Å². The molecule has 1 aliphatic heterocycles. The molecule has 116 valence electrons. The molecule has 0 aromatic heterocycles. The van der Waals surface area contributed by atoms with Gasteiger partial charge in [-0.3, -0.25) is 0 Å². The fourth-order valence-electron chi connectivity index (χ4n) is 2.97. The van der Waals surface area contributed by atoms with Gasteiger partial charge in [0, 0.05) is 0 Å². The lowest BCUT2D eigenvalue weighted by atomic mass is 9.77. The van der Waals surface area contributed by atoms with Crippen molar-refractivity contribution in [3.05, 3.63) is 29.3 Å². The van der Waals surface area contributed by atoms with Crippen molar-refractivity contribution in [2.75, 3.05) is 0 Å². The standard InChI is InChI=1S/C18H29BO2/c1-8-9-13(2)16-11-10-15(12-14(16)3)19-20-17(4,5)18(6,7)21-19/h10-13H,8-9H2,1-7H3. The number of aryl methyl sites for hydroxylation is 1. The molecule has 1 unspecified atom stereocenters.